The van der Waals surface area contributed by atoms with E-state index in [0.29, 0.717) is 24.3 Å². The molecule has 36 heavy (non-hydrogen) atoms. The van der Waals surface area contributed by atoms with Crippen LogP contribution in [0, 0.1) is 31.1 Å². The molecule has 192 valence electrons. The van der Waals surface area contributed by atoms with Crippen LogP contribution in [0.25, 0.3) is 0 Å². The van der Waals surface area contributed by atoms with Gasteiger partial charge in [-0.3, -0.25) is 20.2 Å². The number of amides is 4. The van der Waals surface area contributed by atoms with E-state index in [1.807, 2.05) is 6.92 Å². The van der Waals surface area contributed by atoms with Crippen LogP contribution in [-0.4, -0.2) is 34.5 Å². The van der Waals surface area contributed by atoms with Crippen molar-refractivity contribution in [1.82, 2.24) is 10.6 Å². The molecule has 1 saturated carbocycles. The summed E-state index contributed by atoms with van der Waals surface area (Å²) in [5, 5.41) is 33.0. The van der Waals surface area contributed by atoms with E-state index in [4.69, 9.17) is 0 Å². The first kappa shape index (κ1) is 26.4. The van der Waals surface area contributed by atoms with Crippen LogP contribution in [0.4, 0.5) is 32.3 Å². The number of rotatable bonds is 7. The second-order valence-corrected chi connectivity index (χ2v) is 10.3. The van der Waals surface area contributed by atoms with Gasteiger partial charge in [-0.15, -0.1) is 0 Å². The maximum atomic E-state index is 12.6. The summed E-state index contributed by atoms with van der Waals surface area (Å²) in [6.45, 7) is 6.57. The summed E-state index contributed by atoms with van der Waals surface area (Å²) in [4.78, 5) is 45.9. The average Bonchev–Trinajstić information content (AvgIpc) is 2.76. The van der Waals surface area contributed by atoms with E-state index in [-0.39, 0.29) is 28.2 Å². The number of urea groups is 2. The number of benzene rings is 2. The minimum atomic E-state index is -0.531. The van der Waals surface area contributed by atoms with Gasteiger partial charge in [-0.05, 0) is 42.2 Å². The number of nitrogens with zero attached hydrogens (tertiary/aromatic N) is 2. The lowest BCUT2D eigenvalue weighted by Gasteiger charge is -2.46. The third-order valence-corrected chi connectivity index (χ3v) is 6.08. The third-order valence-electron chi connectivity index (χ3n) is 6.08. The Morgan fingerprint density at radius 3 is 1.94 bits per heavy atom. The summed E-state index contributed by atoms with van der Waals surface area (Å²) in [6, 6.07) is 10.3. The molecular formula is C24H30N6O6. The molecule has 2 aromatic rings. The molecule has 2 atom stereocenters. The van der Waals surface area contributed by atoms with E-state index >= 15 is 0 Å². The highest BCUT2D eigenvalue weighted by atomic mass is 16.6. The van der Waals surface area contributed by atoms with Gasteiger partial charge < -0.3 is 21.3 Å². The van der Waals surface area contributed by atoms with Gasteiger partial charge in [-0.25, -0.2) is 9.59 Å². The highest BCUT2D eigenvalue weighted by Gasteiger charge is 2.42. The minimum absolute atomic E-state index is 0.116. The van der Waals surface area contributed by atoms with Crippen molar-refractivity contribution < 1.29 is 19.4 Å². The largest absolute Gasteiger partial charge is 0.337 e. The molecule has 0 saturated heterocycles. The summed E-state index contributed by atoms with van der Waals surface area (Å²) < 4.78 is 0. The molecular weight excluding hydrogens is 468 g/mol. The number of non-ortho nitro benzene ring substituents is 2. The van der Waals surface area contributed by atoms with Crippen molar-refractivity contribution in [3.05, 3.63) is 68.8 Å². The van der Waals surface area contributed by atoms with E-state index < -0.39 is 21.9 Å². The average molecular weight is 499 g/mol. The summed E-state index contributed by atoms with van der Waals surface area (Å²) in [7, 11) is 0. The van der Waals surface area contributed by atoms with Crippen LogP contribution in [0.1, 0.15) is 40.0 Å². The quantitative estimate of drug-likeness (QED) is 0.308. The number of carbonyl (C=O) groups excluding carboxylic acids is 2. The van der Waals surface area contributed by atoms with E-state index in [1.54, 1.807) is 12.1 Å². The maximum Gasteiger partial charge on any atom is 0.319 e. The lowest BCUT2D eigenvalue weighted by Crippen LogP contribution is -2.51. The molecule has 3 rings (SSSR count). The highest BCUT2D eigenvalue weighted by Crippen LogP contribution is 2.45. The van der Waals surface area contributed by atoms with E-state index in [0.717, 1.165) is 12.8 Å². The number of nitrogens with one attached hydrogen (secondary N) is 4. The lowest BCUT2D eigenvalue weighted by molar-refractivity contribution is -0.385. The third kappa shape index (κ3) is 7.39. The van der Waals surface area contributed by atoms with Gasteiger partial charge >= 0.3 is 12.1 Å². The Kier molecular flexibility index (Phi) is 7.76. The molecule has 4 N–H and O–H groups in total. The molecule has 1 aliphatic carbocycles. The van der Waals surface area contributed by atoms with Crippen molar-refractivity contribution in [1.29, 1.82) is 0 Å². The van der Waals surface area contributed by atoms with Crippen molar-refractivity contribution in [3.8, 4) is 0 Å². The van der Waals surface area contributed by atoms with Crippen molar-refractivity contribution >= 4 is 34.8 Å². The molecule has 0 spiro atoms. The first-order valence-electron chi connectivity index (χ1n) is 11.5. The van der Waals surface area contributed by atoms with Crippen LogP contribution in [0.2, 0.25) is 0 Å². The van der Waals surface area contributed by atoms with E-state index in [1.165, 1.54) is 36.4 Å². The molecule has 12 heteroatoms. The van der Waals surface area contributed by atoms with Crippen LogP contribution in [-0.2, 0) is 0 Å². The zero-order valence-electron chi connectivity index (χ0n) is 20.4. The Morgan fingerprint density at radius 1 is 0.889 bits per heavy atom. The Morgan fingerprint density at radius 2 is 1.42 bits per heavy atom. The van der Waals surface area contributed by atoms with Gasteiger partial charge in [0.15, 0.2) is 0 Å². The fraction of sp³-hybridized carbons (Fsp3) is 0.417. The van der Waals surface area contributed by atoms with Gasteiger partial charge in [0.25, 0.3) is 11.4 Å². The summed E-state index contributed by atoms with van der Waals surface area (Å²) in [5.41, 5.74) is -0.0492. The molecule has 1 fully saturated rings. The second-order valence-electron chi connectivity index (χ2n) is 10.3. The van der Waals surface area contributed by atoms with Crippen LogP contribution in [0.5, 0.6) is 0 Å². The van der Waals surface area contributed by atoms with Crippen molar-refractivity contribution in [2.75, 3.05) is 17.2 Å². The number of nitro benzene ring substituents is 2. The summed E-state index contributed by atoms with van der Waals surface area (Å²) >= 11 is 0. The molecule has 2 aromatic carbocycles. The van der Waals surface area contributed by atoms with Gasteiger partial charge in [-0.2, -0.15) is 0 Å². The van der Waals surface area contributed by atoms with Gasteiger partial charge in [0.05, 0.1) is 9.85 Å². The highest BCUT2D eigenvalue weighted by molar-refractivity contribution is 5.90. The van der Waals surface area contributed by atoms with Gasteiger partial charge in [0.2, 0.25) is 0 Å². The van der Waals surface area contributed by atoms with Crippen LogP contribution < -0.4 is 21.3 Å². The van der Waals surface area contributed by atoms with Crippen LogP contribution in [0.15, 0.2) is 48.5 Å². The monoisotopic (exact) mass is 498 g/mol. The van der Waals surface area contributed by atoms with Gasteiger partial charge in [-0.1, -0.05) is 32.9 Å². The predicted molar refractivity (Wildman–Crippen MR) is 135 cm³/mol. The van der Waals surface area contributed by atoms with Crippen molar-refractivity contribution in [3.63, 3.8) is 0 Å². The van der Waals surface area contributed by atoms with Crippen molar-refractivity contribution in [2.45, 2.75) is 46.1 Å². The topological polar surface area (TPSA) is 169 Å². The molecule has 0 aliphatic heterocycles. The van der Waals surface area contributed by atoms with Gasteiger partial charge in [0, 0.05) is 48.2 Å². The number of nitro groups is 2. The number of anilines is 2. The van der Waals surface area contributed by atoms with Crippen LogP contribution in [0.3, 0.4) is 0 Å². The molecule has 0 heterocycles. The Hall–Kier alpha value is -4.22. The maximum absolute atomic E-state index is 12.6. The Balaban J connectivity index is 1.58. The minimum Gasteiger partial charge on any atom is -0.337 e. The molecule has 4 amide bonds. The standard InChI is InChI=1S/C24H30N6O6/c1-23(2)12-18(28-22(32)27-17-7-5-9-20(11-17)30(35)36)13-24(3,14-23)15-25-21(31)26-16-6-4-8-19(10-16)29(33)34/h4-11,18H,12-15H2,1-3H3,(H2,25,26,31)(H2,27,28,32). The summed E-state index contributed by atoms with van der Waals surface area (Å²) in [5.74, 6) is 0. The number of carbonyl (C=O) groups is 2. The fourth-order valence-corrected chi connectivity index (χ4v) is 5.09. The second kappa shape index (κ2) is 10.6. The smallest absolute Gasteiger partial charge is 0.319 e. The van der Waals surface area contributed by atoms with E-state index in [2.05, 4.69) is 35.1 Å². The SMILES string of the molecule is CC1(C)CC(NC(=O)Nc2cccc([N+](=O)[O-])c2)CC(C)(CNC(=O)Nc2cccc([N+](=O)[O-])c2)C1. The Labute approximate surface area is 208 Å². The van der Waals surface area contributed by atoms with Gasteiger partial charge in [0.1, 0.15) is 0 Å². The van der Waals surface area contributed by atoms with Crippen LogP contribution >= 0.6 is 0 Å². The van der Waals surface area contributed by atoms with E-state index in [9.17, 15) is 29.8 Å². The number of hydrogen-bond acceptors (Lipinski definition) is 6. The molecule has 2 unspecified atom stereocenters. The first-order valence-corrected chi connectivity index (χ1v) is 11.5. The first-order chi connectivity index (χ1) is 16.8. The molecule has 0 bridgehead atoms. The molecule has 12 nitrogen and oxygen atoms in total. The lowest BCUT2D eigenvalue weighted by atomic mass is 9.62. The molecule has 0 radical (unpaired) electrons. The summed E-state index contributed by atoms with van der Waals surface area (Å²) in [6.07, 6.45) is 2.14. The predicted octanol–water partition coefficient (Wildman–Crippen LogP) is 5.03. The number of hydrogen-bond donors (Lipinski definition) is 4. The van der Waals surface area contributed by atoms with Crippen molar-refractivity contribution in [2.24, 2.45) is 10.8 Å². The molecule has 1 aliphatic rings. The fourth-order valence-electron chi connectivity index (χ4n) is 5.09. The zero-order valence-corrected chi connectivity index (χ0v) is 20.4. The molecule has 0 aromatic heterocycles. The zero-order chi connectivity index (χ0) is 26.5. The normalized spacial score (nSPS) is 20.6. The Bertz CT molecular complexity index is 1170.